The highest BCUT2D eigenvalue weighted by molar-refractivity contribution is 5.92. The summed E-state index contributed by atoms with van der Waals surface area (Å²) >= 11 is 0. The molecule has 0 amide bonds. The summed E-state index contributed by atoms with van der Waals surface area (Å²) in [7, 11) is 4.00. The Morgan fingerprint density at radius 3 is 2.38 bits per heavy atom. The first-order chi connectivity index (χ1) is 5.45. The molecule has 0 aromatic carbocycles. The van der Waals surface area contributed by atoms with E-state index >= 15 is 0 Å². The molecule has 0 saturated carbocycles. The number of carbonyl (C=O) groups is 1. The molecule has 0 bridgehead atoms. The van der Waals surface area contributed by atoms with Crippen LogP contribution in [-0.4, -0.2) is 43.5 Å². The fourth-order valence-corrected chi connectivity index (χ4v) is 1.04. The molecule has 0 aliphatic rings. The zero-order chi connectivity index (χ0) is 9.78. The monoisotopic (exact) mass is 206 g/mol. The van der Waals surface area contributed by atoms with Gasteiger partial charge in [-0.1, -0.05) is 6.58 Å². The molecule has 78 valence electrons. The Morgan fingerprint density at radius 2 is 2.08 bits per heavy atom. The van der Waals surface area contributed by atoms with Gasteiger partial charge in [-0.3, -0.25) is 4.79 Å². The SMILES string of the molecule is C=CC(=O)C(C)[N+](C)(C)CCN.[Cl-]. The van der Waals surface area contributed by atoms with Gasteiger partial charge in [-0.2, -0.15) is 0 Å². The van der Waals surface area contributed by atoms with Crippen molar-refractivity contribution in [1.82, 2.24) is 0 Å². The molecule has 0 fully saturated rings. The van der Waals surface area contributed by atoms with Crippen molar-refractivity contribution in [2.24, 2.45) is 5.73 Å². The van der Waals surface area contributed by atoms with Gasteiger partial charge in [0.2, 0.25) is 5.78 Å². The second-order valence-corrected chi connectivity index (χ2v) is 3.57. The Bertz CT molecular complexity index is 180. The Kier molecular flexibility index (Phi) is 7.13. The number of ketones is 1. The number of hydrogen-bond donors (Lipinski definition) is 1. The maximum atomic E-state index is 11.3. The van der Waals surface area contributed by atoms with Gasteiger partial charge in [-0.15, -0.1) is 0 Å². The van der Waals surface area contributed by atoms with Crippen LogP contribution < -0.4 is 18.1 Å². The lowest BCUT2D eigenvalue weighted by molar-refractivity contribution is -0.902. The van der Waals surface area contributed by atoms with Gasteiger partial charge in [-0.25, -0.2) is 0 Å². The van der Waals surface area contributed by atoms with Gasteiger partial charge in [0.1, 0.15) is 6.04 Å². The molecule has 0 aromatic heterocycles. The Labute approximate surface area is 86.6 Å². The van der Waals surface area contributed by atoms with E-state index in [9.17, 15) is 4.79 Å². The highest BCUT2D eigenvalue weighted by atomic mass is 35.5. The van der Waals surface area contributed by atoms with E-state index in [1.54, 1.807) is 0 Å². The van der Waals surface area contributed by atoms with Crippen LogP contribution in [0.2, 0.25) is 0 Å². The van der Waals surface area contributed by atoms with E-state index in [2.05, 4.69) is 6.58 Å². The average Bonchev–Trinajstić information content (AvgIpc) is 2.01. The summed E-state index contributed by atoms with van der Waals surface area (Å²) in [5, 5.41) is 0. The van der Waals surface area contributed by atoms with Crippen LogP contribution >= 0.6 is 0 Å². The molecule has 0 radical (unpaired) electrons. The van der Waals surface area contributed by atoms with Gasteiger partial charge in [0.25, 0.3) is 0 Å². The fraction of sp³-hybridized carbons (Fsp3) is 0.667. The van der Waals surface area contributed by atoms with E-state index < -0.39 is 0 Å². The predicted octanol–water partition coefficient (Wildman–Crippen LogP) is -2.83. The fourth-order valence-electron chi connectivity index (χ4n) is 1.04. The third kappa shape index (κ3) is 4.41. The number of nitrogens with zero attached hydrogens (tertiary/aromatic N) is 1. The van der Waals surface area contributed by atoms with Crippen molar-refractivity contribution in [2.45, 2.75) is 13.0 Å². The average molecular weight is 207 g/mol. The van der Waals surface area contributed by atoms with Crippen LogP contribution in [0.4, 0.5) is 0 Å². The van der Waals surface area contributed by atoms with E-state index in [4.69, 9.17) is 5.73 Å². The van der Waals surface area contributed by atoms with Crippen LogP contribution in [0.1, 0.15) is 6.92 Å². The summed E-state index contributed by atoms with van der Waals surface area (Å²) < 4.78 is 0.626. The van der Waals surface area contributed by atoms with E-state index in [1.807, 2.05) is 21.0 Å². The molecule has 3 nitrogen and oxygen atoms in total. The summed E-state index contributed by atoms with van der Waals surface area (Å²) in [5.41, 5.74) is 5.44. The maximum absolute atomic E-state index is 11.3. The van der Waals surface area contributed by atoms with Crippen molar-refractivity contribution in [3.63, 3.8) is 0 Å². The molecule has 2 N–H and O–H groups in total. The molecule has 4 heteroatoms. The number of hydrogen-bond acceptors (Lipinski definition) is 2. The molecule has 1 unspecified atom stereocenters. The standard InChI is InChI=1S/C9H19N2O.ClH/c1-5-9(12)8(2)11(3,4)7-6-10;/h5,8H,1,6-7,10H2,2-4H3;1H/q+1;/p-1. The first kappa shape index (κ1) is 15.1. The van der Waals surface area contributed by atoms with Crippen molar-refractivity contribution in [3.8, 4) is 0 Å². The van der Waals surface area contributed by atoms with Crippen LogP contribution in [0, 0.1) is 0 Å². The van der Waals surface area contributed by atoms with Gasteiger partial charge in [0.05, 0.1) is 20.6 Å². The summed E-state index contributed by atoms with van der Waals surface area (Å²) in [4.78, 5) is 11.3. The molecular weight excluding hydrogens is 188 g/mol. The quantitative estimate of drug-likeness (QED) is 0.389. The van der Waals surface area contributed by atoms with Gasteiger partial charge >= 0.3 is 0 Å². The minimum absolute atomic E-state index is 0. The molecule has 0 aliphatic carbocycles. The Hall–Kier alpha value is -0.380. The van der Waals surface area contributed by atoms with Gasteiger partial charge < -0.3 is 22.6 Å². The first-order valence-electron chi connectivity index (χ1n) is 4.14. The molecule has 0 aromatic rings. The number of rotatable bonds is 5. The summed E-state index contributed by atoms with van der Waals surface area (Å²) in [5.74, 6) is 0.0773. The predicted molar refractivity (Wildman–Crippen MR) is 50.7 cm³/mol. The van der Waals surface area contributed by atoms with E-state index in [1.165, 1.54) is 6.08 Å². The Morgan fingerprint density at radius 1 is 1.62 bits per heavy atom. The summed E-state index contributed by atoms with van der Waals surface area (Å²) in [6.45, 7) is 6.77. The zero-order valence-corrected chi connectivity index (χ0v) is 9.34. The maximum Gasteiger partial charge on any atom is 0.211 e. The largest absolute Gasteiger partial charge is 1.00 e. The lowest BCUT2D eigenvalue weighted by Gasteiger charge is -2.34. The molecule has 0 aliphatic heterocycles. The van der Waals surface area contributed by atoms with Crippen molar-refractivity contribution in [3.05, 3.63) is 12.7 Å². The number of nitrogens with two attached hydrogens (primary N) is 1. The molecule has 0 spiro atoms. The zero-order valence-electron chi connectivity index (χ0n) is 8.59. The summed E-state index contributed by atoms with van der Waals surface area (Å²) in [6.07, 6.45) is 1.38. The minimum Gasteiger partial charge on any atom is -1.00 e. The molecule has 0 rings (SSSR count). The van der Waals surface area contributed by atoms with Gasteiger partial charge in [0.15, 0.2) is 0 Å². The Balaban J connectivity index is 0. The highest BCUT2D eigenvalue weighted by Gasteiger charge is 2.27. The number of carbonyl (C=O) groups excluding carboxylic acids is 1. The molecular formula is C9H19ClN2O. The molecule has 0 saturated heterocycles. The van der Waals surface area contributed by atoms with Crippen LogP contribution in [0.15, 0.2) is 12.7 Å². The van der Waals surface area contributed by atoms with Gasteiger partial charge in [-0.05, 0) is 13.0 Å². The van der Waals surface area contributed by atoms with Gasteiger partial charge in [0, 0.05) is 6.54 Å². The second-order valence-electron chi connectivity index (χ2n) is 3.57. The van der Waals surface area contributed by atoms with E-state index in [-0.39, 0.29) is 24.2 Å². The normalized spacial score (nSPS) is 12.9. The van der Waals surface area contributed by atoms with Crippen LogP contribution in [0.25, 0.3) is 0 Å². The highest BCUT2D eigenvalue weighted by Crippen LogP contribution is 2.06. The van der Waals surface area contributed by atoms with E-state index in [0.29, 0.717) is 11.0 Å². The second kappa shape index (κ2) is 6.13. The lowest BCUT2D eigenvalue weighted by Crippen LogP contribution is -3.00. The summed E-state index contributed by atoms with van der Waals surface area (Å²) in [6, 6.07) is -0.0500. The van der Waals surface area contributed by atoms with E-state index in [0.717, 1.165) is 6.54 Å². The van der Waals surface area contributed by atoms with Crippen molar-refractivity contribution in [1.29, 1.82) is 0 Å². The minimum atomic E-state index is -0.0500. The molecule has 13 heavy (non-hydrogen) atoms. The number of halogens is 1. The third-order valence-electron chi connectivity index (χ3n) is 2.37. The van der Waals surface area contributed by atoms with Crippen LogP contribution in [0.5, 0.6) is 0 Å². The lowest BCUT2D eigenvalue weighted by atomic mass is 10.1. The third-order valence-corrected chi connectivity index (χ3v) is 2.37. The smallest absolute Gasteiger partial charge is 0.211 e. The molecule has 0 heterocycles. The van der Waals surface area contributed by atoms with Crippen LogP contribution in [0.3, 0.4) is 0 Å². The molecule has 1 atom stereocenters. The van der Waals surface area contributed by atoms with Crippen LogP contribution in [-0.2, 0) is 4.79 Å². The first-order valence-corrected chi connectivity index (χ1v) is 4.14. The van der Waals surface area contributed by atoms with Crippen molar-refractivity contribution in [2.75, 3.05) is 27.2 Å². The van der Waals surface area contributed by atoms with Crippen molar-refractivity contribution >= 4 is 5.78 Å². The van der Waals surface area contributed by atoms with Crippen molar-refractivity contribution < 1.29 is 21.7 Å². The topological polar surface area (TPSA) is 43.1 Å². The number of quaternary nitrogens is 1. The number of likely N-dealkylation sites (N-methyl/N-ethyl adjacent to an activating group) is 1.